The largest absolute Gasteiger partial charge is 0.352 e. The van der Waals surface area contributed by atoms with Crippen LogP contribution in [0.3, 0.4) is 0 Å². The molecule has 0 radical (unpaired) electrons. The predicted octanol–water partition coefficient (Wildman–Crippen LogP) is 2.59. The Labute approximate surface area is 202 Å². The van der Waals surface area contributed by atoms with Crippen LogP contribution in [0.5, 0.6) is 0 Å². The van der Waals surface area contributed by atoms with E-state index in [0.717, 1.165) is 76.1 Å². The minimum absolute atomic E-state index is 0.0986. The van der Waals surface area contributed by atoms with Crippen LogP contribution < -0.4 is 5.32 Å². The van der Waals surface area contributed by atoms with Gasteiger partial charge in [-0.25, -0.2) is 9.97 Å². The lowest BCUT2D eigenvalue weighted by molar-refractivity contribution is -0.130. The van der Waals surface area contributed by atoms with Crippen molar-refractivity contribution in [1.29, 1.82) is 0 Å². The van der Waals surface area contributed by atoms with Gasteiger partial charge in [-0.3, -0.25) is 14.6 Å². The summed E-state index contributed by atoms with van der Waals surface area (Å²) in [5.41, 5.74) is 2.59. The topological polar surface area (TPSA) is 91.3 Å². The fourth-order valence-corrected chi connectivity index (χ4v) is 5.12. The number of hydrogen-bond donors (Lipinski definition) is 1. The molecular weight excluding hydrogens is 428 g/mol. The quantitative estimate of drug-likeness (QED) is 0.677. The molecule has 0 saturated carbocycles. The van der Waals surface area contributed by atoms with Gasteiger partial charge >= 0.3 is 0 Å². The molecule has 4 heterocycles. The summed E-state index contributed by atoms with van der Waals surface area (Å²) in [6.07, 6.45) is 10.2. The van der Waals surface area contributed by atoms with Gasteiger partial charge in [0.05, 0.1) is 11.3 Å². The molecule has 1 N–H and O–H groups in total. The van der Waals surface area contributed by atoms with Crippen molar-refractivity contribution in [3.05, 3.63) is 53.4 Å². The van der Waals surface area contributed by atoms with Crippen LogP contribution >= 0.6 is 0 Å². The van der Waals surface area contributed by atoms with Crippen LogP contribution in [-0.4, -0.2) is 75.8 Å². The van der Waals surface area contributed by atoms with Gasteiger partial charge in [0.15, 0.2) is 0 Å². The molecule has 182 valence electrons. The Kier molecular flexibility index (Phi) is 8.21. The Bertz CT molecular complexity index is 967. The van der Waals surface area contributed by atoms with Crippen molar-refractivity contribution in [2.75, 3.05) is 39.3 Å². The minimum Gasteiger partial charge on any atom is -0.352 e. The number of nitrogens with zero attached hydrogens (tertiary/aromatic N) is 5. The molecule has 0 atom stereocenters. The lowest BCUT2D eigenvalue weighted by Gasteiger charge is -2.37. The van der Waals surface area contributed by atoms with Gasteiger partial charge in [0.25, 0.3) is 5.91 Å². The Hall–Kier alpha value is -2.87. The van der Waals surface area contributed by atoms with Crippen LogP contribution in [0.25, 0.3) is 0 Å². The molecule has 2 aromatic heterocycles. The summed E-state index contributed by atoms with van der Waals surface area (Å²) in [7, 11) is 0. The highest BCUT2D eigenvalue weighted by atomic mass is 16.2. The second-order valence-electron chi connectivity index (χ2n) is 9.61. The van der Waals surface area contributed by atoms with Gasteiger partial charge in [0, 0.05) is 57.6 Å². The lowest BCUT2D eigenvalue weighted by atomic mass is 9.89. The lowest BCUT2D eigenvalue weighted by Crippen LogP contribution is -2.42. The predicted molar refractivity (Wildman–Crippen MR) is 130 cm³/mol. The Balaban J connectivity index is 1.30. The number of hydrogen-bond acceptors (Lipinski definition) is 6. The van der Waals surface area contributed by atoms with Gasteiger partial charge in [-0.2, -0.15) is 0 Å². The van der Waals surface area contributed by atoms with E-state index < -0.39 is 0 Å². The zero-order valence-electron chi connectivity index (χ0n) is 20.4. The average Bonchev–Trinajstić information content (AvgIpc) is 2.85. The molecule has 0 aliphatic carbocycles. The highest BCUT2D eigenvalue weighted by Crippen LogP contribution is 2.30. The first-order valence-electron chi connectivity index (χ1n) is 12.5. The number of nitrogens with one attached hydrogen (secondary N) is 1. The number of aryl methyl sites for hydroxylation is 1. The van der Waals surface area contributed by atoms with Crippen molar-refractivity contribution < 1.29 is 9.59 Å². The second-order valence-corrected chi connectivity index (χ2v) is 9.61. The summed E-state index contributed by atoms with van der Waals surface area (Å²) in [6.45, 7) is 9.00. The van der Waals surface area contributed by atoms with E-state index in [4.69, 9.17) is 4.98 Å². The van der Waals surface area contributed by atoms with Crippen molar-refractivity contribution >= 4 is 11.8 Å². The number of carbonyl (C=O) groups excluding carboxylic acids is 2. The maximum Gasteiger partial charge on any atom is 0.254 e. The summed E-state index contributed by atoms with van der Waals surface area (Å²) >= 11 is 0. The van der Waals surface area contributed by atoms with Gasteiger partial charge < -0.3 is 15.1 Å². The van der Waals surface area contributed by atoms with Gasteiger partial charge in [-0.1, -0.05) is 6.07 Å². The Morgan fingerprint density at radius 1 is 1.09 bits per heavy atom. The molecule has 0 aromatic carbocycles. The highest BCUT2D eigenvalue weighted by molar-refractivity contribution is 5.95. The van der Waals surface area contributed by atoms with Gasteiger partial charge in [0.2, 0.25) is 5.91 Å². The van der Waals surface area contributed by atoms with Crippen molar-refractivity contribution in [2.45, 2.75) is 51.9 Å². The van der Waals surface area contributed by atoms with Crippen LogP contribution in [0.2, 0.25) is 0 Å². The molecule has 2 aromatic rings. The zero-order valence-corrected chi connectivity index (χ0v) is 20.4. The molecule has 2 saturated heterocycles. The molecule has 34 heavy (non-hydrogen) atoms. The monoisotopic (exact) mass is 464 g/mol. The van der Waals surface area contributed by atoms with E-state index in [2.05, 4.69) is 20.2 Å². The fraction of sp³-hybridized carbons (Fsp3) is 0.577. The number of rotatable bonds is 7. The smallest absolute Gasteiger partial charge is 0.254 e. The van der Waals surface area contributed by atoms with Crippen LogP contribution in [0.15, 0.2) is 30.7 Å². The first-order valence-corrected chi connectivity index (χ1v) is 12.5. The summed E-state index contributed by atoms with van der Waals surface area (Å²) in [4.78, 5) is 42.2. The standard InChI is InChI=1S/C26H36N6O2/c1-19-29-17-24(26(34)28-11-5-21-4-3-10-27-16-21)25(30-19)23-8-12-31(13-9-23)18-22-6-14-32(15-7-22)20(2)33/h3-4,10,16-17,22-23H,5-9,11-15,18H2,1-2H3,(H,28,34). The third-order valence-electron chi connectivity index (χ3n) is 7.16. The zero-order chi connectivity index (χ0) is 23.9. The third-order valence-corrected chi connectivity index (χ3v) is 7.16. The van der Waals surface area contributed by atoms with E-state index >= 15 is 0 Å². The molecule has 2 fully saturated rings. The molecule has 0 spiro atoms. The molecule has 0 bridgehead atoms. The van der Waals surface area contributed by atoms with E-state index in [-0.39, 0.29) is 17.7 Å². The number of pyridine rings is 1. The van der Waals surface area contributed by atoms with Crippen LogP contribution in [0.1, 0.15) is 66.0 Å². The van der Waals surface area contributed by atoms with Crippen LogP contribution in [-0.2, 0) is 11.2 Å². The molecular formula is C26H36N6O2. The molecule has 2 aliphatic heterocycles. The molecule has 2 aliphatic rings. The van der Waals surface area contributed by atoms with E-state index in [1.165, 1.54) is 0 Å². The first kappa shape index (κ1) is 24.3. The number of carbonyl (C=O) groups is 2. The maximum atomic E-state index is 13.0. The molecule has 2 amide bonds. The first-order chi connectivity index (χ1) is 16.5. The van der Waals surface area contributed by atoms with Crippen molar-refractivity contribution in [1.82, 2.24) is 30.1 Å². The van der Waals surface area contributed by atoms with Crippen molar-refractivity contribution in [3.8, 4) is 0 Å². The van der Waals surface area contributed by atoms with Gasteiger partial charge in [0.1, 0.15) is 5.82 Å². The summed E-state index contributed by atoms with van der Waals surface area (Å²) in [6, 6.07) is 3.92. The Morgan fingerprint density at radius 3 is 2.53 bits per heavy atom. The fourth-order valence-electron chi connectivity index (χ4n) is 5.12. The second kappa shape index (κ2) is 11.5. The average molecular weight is 465 g/mol. The van der Waals surface area contributed by atoms with E-state index in [1.54, 1.807) is 19.3 Å². The van der Waals surface area contributed by atoms with E-state index in [9.17, 15) is 9.59 Å². The van der Waals surface area contributed by atoms with Crippen LogP contribution in [0, 0.1) is 12.8 Å². The van der Waals surface area contributed by atoms with E-state index in [1.807, 2.05) is 30.2 Å². The molecule has 8 heteroatoms. The number of amides is 2. The number of aromatic nitrogens is 3. The highest BCUT2D eigenvalue weighted by Gasteiger charge is 2.28. The summed E-state index contributed by atoms with van der Waals surface area (Å²) < 4.78 is 0. The molecule has 4 rings (SSSR count). The normalized spacial score (nSPS) is 18.1. The third kappa shape index (κ3) is 6.38. The van der Waals surface area contributed by atoms with Gasteiger partial charge in [-0.05, 0) is 69.7 Å². The number of piperidine rings is 2. The minimum atomic E-state index is -0.0986. The molecule has 0 unspecified atom stereocenters. The van der Waals surface area contributed by atoms with Crippen molar-refractivity contribution in [2.24, 2.45) is 5.92 Å². The summed E-state index contributed by atoms with van der Waals surface area (Å²) in [5, 5.41) is 3.04. The molecule has 8 nitrogen and oxygen atoms in total. The van der Waals surface area contributed by atoms with E-state index in [0.29, 0.717) is 23.9 Å². The van der Waals surface area contributed by atoms with Crippen molar-refractivity contribution in [3.63, 3.8) is 0 Å². The summed E-state index contributed by atoms with van der Waals surface area (Å²) in [5.74, 6) is 1.74. The Morgan fingerprint density at radius 2 is 1.85 bits per heavy atom. The van der Waals surface area contributed by atoms with Gasteiger partial charge in [-0.15, -0.1) is 0 Å². The number of likely N-dealkylation sites (tertiary alicyclic amines) is 2. The maximum absolute atomic E-state index is 13.0. The SMILES string of the molecule is CC(=O)N1CCC(CN2CCC(c3nc(C)ncc3C(=O)NCCc3cccnc3)CC2)CC1. The van der Waals surface area contributed by atoms with Crippen LogP contribution in [0.4, 0.5) is 0 Å².